The number of fused-ring (bicyclic) bond motifs is 2. The van der Waals surface area contributed by atoms with E-state index in [9.17, 15) is 0 Å². The number of hydrogen-bond donors (Lipinski definition) is 0. The van der Waals surface area contributed by atoms with E-state index in [1.807, 2.05) is 0 Å². The van der Waals surface area contributed by atoms with Crippen molar-refractivity contribution in [2.75, 3.05) is 23.3 Å². The molecule has 0 atom stereocenters. The van der Waals surface area contributed by atoms with Crippen LogP contribution in [0, 0.1) is 0 Å². The molecule has 0 saturated carbocycles. The lowest BCUT2D eigenvalue weighted by atomic mass is 9.86. The minimum absolute atomic E-state index is 0.125. The second-order valence-electron chi connectivity index (χ2n) is 13.6. The second kappa shape index (κ2) is 10.5. The highest BCUT2D eigenvalue weighted by molar-refractivity contribution is 5.54. The molecule has 0 N–H and O–H groups in total. The molecular weight excluding hydrogens is 504 g/mol. The lowest BCUT2D eigenvalue weighted by Gasteiger charge is -2.32. The zero-order valence-corrected chi connectivity index (χ0v) is 25.3. The van der Waals surface area contributed by atoms with E-state index >= 15 is 0 Å². The normalized spacial score (nSPS) is 15.1. The van der Waals surface area contributed by atoms with E-state index in [-0.39, 0.29) is 10.8 Å². The molecule has 0 saturated heterocycles. The smallest absolute Gasteiger partial charge is 0.161 e. The predicted molar refractivity (Wildman–Crippen MR) is 169 cm³/mol. The first kappa shape index (κ1) is 27.3. The van der Waals surface area contributed by atoms with Gasteiger partial charge >= 0.3 is 0 Å². The Morgan fingerprint density at radius 1 is 0.537 bits per heavy atom. The maximum absolute atomic E-state index is 6.10. The number of anilines is 2. The highest BCUT2D eigenvalue weighted by Gasteiger charge is 2.23. The fraction of sp³-hybridized carbons (Fsp3) is 0.351. The Bertz CT molecular complexity index is 1410. The molecule has 0 spiro atoms. The molecule has 4 nitrogen and oxygen atoms in total. The highest BCUT2D eigenvalue weighted by atomic mass is 16.5. The third-order valence-electron chi connectivity index (χ3n) is 8.34. The molecule has 4 aromatic rings. The van der Waals surface area contributed by atoms with E-state index in [0.717, 1.165) is 31.0 Å². The summed E-state index contributed by atoms with van der Waals surface area (Å²) in [6.07, 6.45) is 0.906. The SMILES string of the molecule is CC(C)(C)c1ccc2c(c1)CN(c1ccc(Cc3ccc(N4COc5ccc(C(C)(C)C)cc5C4)cc3)cc1)CO2. The molecule has 212 valence electrons. The molecule has 0 aromatic heterocycles. The molecule has 0 radical (unpaired) electrons. The summed E-state index contributed by atoms with van der Waals surface area (Å²) in [7, 11) is 0. The van der Waals surface area contributed by atoms with Gasteiger partial charge in [-0.1, -0.05) is 77.9 Å². The zero-order valence-electron chi connectivity index (χ0n) is 25.3. The first-order valence-corrected chi connectivity index (χ1v) is 14.7. The van der Waals surface area contributed by atoms with Crippen LogP contribution in [0.1, 0.15) is 74.9 Å². The van der Waals surface area contributed by atoms with Gasteiger partial charge in [-0.2, -0.15) is 0 Å². The quantitative estimate of drug-likeness (QED) is 0.256. The van der Waals surface area contributed by atoms with Crippen LogP contribution in [-0.4, -0.2) is 13.5 Å². The molecule has 4 aromatic carbocycles. The Hall–Kier alpha value is -3.92. The van der Waals surface area contributed by atoms with Gasteiger partial charge < -0.3 is 19.3 Å². The van der Waals surface area contributed by atoms with Gasteiger partial charge in [-0.15, -0.1) is 0 Å². The third-order valence-corrected chi connectivity index (χ3v) is 8.34. The highest BCUT2D eigenvalue weighted by Crippen LogP contribution is 2.34. The summed E-state index contributed by atoms with van der Waals surface area (Å²) in [5.41, 5.74) is 10.4. The zero-order chi connectivity index (χ0) is 28.8. The molecule has 6 rings (SSSR count). The fourth-order valence-electron chi connectivity index (χ4n) is 5.63. The Labute approximate surface area is 245 Å². The standard InChI is InChI=1S/C37H42N2O2/c1-36(2,3)30-11-17-34-28(20-30)22-38(24-40-34)32-13-7-26(8-14-32)19-27-9-15-33(16-10-27)39-23-29-21-31(37(4,5)6)12-18-35(29)41-25-39/h7-18,20-21H,19,22-25H2,1-6H3. The van der Waals surface area contributed by atoms with Crippen molar-refractivity contribution >= 4 is 11.4 Å². The first-order chi connectivity index (χ1) is 19.5. The lowest BCUT2D eigenvalue weighted by molar-refractivity contribution is 0.289. The van der Waals surface area contributed by atoms with Gasteiger partial charge in [0.05, 0.1) is 0 Å². The molecule has 2 aliphatic rings. The maximum atomic E-state index is 6.10. The van der Waals surface area contributed by atoms with Crippen molar-refractivity contribution in [1.29, 1.82) is 0 Å². The summed E-state index contributed by atoms with van der Waals surface area (Å²) in [6, 6.07) is 31.1. The molecule has 0 fully saturated rings. The number of nitrogens with zero attached hydrogens (tertiary/aromatic N) is 2. The summed E-state index contributed by atoms with van der Waals surface area (Å²) in [5.74, 6) is 2.01. The van der Waals surface area contributed by atoms with E-state index in [1.54, 1.807) is 0 Å². The topological polar surface area (TPSA) is 24.9 Å². The van der Waals surface area contributed by atoms with Gasteiger partial charge in [0, 0.05) is 35.6 Å². The molecule has 2 aliphatic heterocycles. The Morgan fingerprint density at radius 3 is 1.29 bits per heavy atom. The molecule has 2 heterocycles. The Balaban J connectivity index is 1.09. The number of ether oxygens (including phenoxy) is 2. The molecule has 4 heteroatoms. The molecule has 0 amide bonds. The summed E-state index contributed by atoms with van der Waals surface area (Å²) in [5, 5.41) is 0. The predicted octanol–water partition coefficient (Wildman–Crippen LogP) is 8.59. The van der Waals surface area contributed by atoms with Crippen LogP contribution in [0.15, 0.2) is 84.9 Å². The monoisotopic (exact) mass is 546 g/mol. The van der Waals surface area contributed by atoms with Gasteiger partial charge in [0.25, 0.3) is 0 Å². The molecule has 41 heavy (non-hydrogen) atoms. The van der Waals surface area contributed by atoms with Crippen molar-refractivity contribution in [1.82, 2.24) is 0 Å². The molecular formula is C37H42N2O2. The van der Waals surface area contributed by atoms with Crippen molar-refractivity contribution < 1.29 is 9.47 Å². The van der Waals surface area contributed by atoms with Gasteiger partial charge in [0.1, 0.15) is 11.5 Å². The second-order valence-corrected chi connectivity index (χ2v) is 13.6. The number of hydrogen-bond acceptors (Lipinski definition) is 4. The summed E-state index contributed by atoms with van der Waals surface area (Å²) >= 11 is 0. The van der Waals surface area contributed by atoms with Gasteiger partial charge in [-0.05, 0) is 88.0 Å². The van der Waals surface area contributed by atoms with Gasteiger partial charge in [0.2, 0.25) is 0 Å². The summed E-state index contributed by atoms with van der Waals surface area (Å²) in [4.78, 5) is 4.60. The van der Waals surface area contributed by atoms with E-state index in [0.29, 0.717) is 13.5 Å². The van der Waals surface area contributed by atoms with Gasteiger partial charge in [0.15, 0.2) is 13.5 Å². The number of benzene rings is 4. The molecule has 0 unspecified atom stereocenters. The van der Waals surface area contributed by atoms with Crippen molar-refractivity contribution in [2.45, 2.75) is 71.9 Å². The van der Waals surface area contributed by atoms with Crippen molar-refractivity contribution in [2.24, 2.45) is 0 Å². The maximum Gasteiger partial charge on any atom is 0.161 e. The number of rotatable bonds is 4. The van der Waals surface area contributed by atoms with Gasteiger partial charge in [-0.25, -0.2) is 0 Å². The minimum Gasteiger partial charge on any atom is -0.473 e. The van der Waals surface area contributed by atoms with Crippen molar-refractivity contribution in [3.05, 3.63) is 118 Å². The third kappa shape index (κ3) is 5.93. The molecule has 0 bridgehead atoms. The minimum atomic E-state index is 0.125. The van der Waals surface area contributed by atoms with Crippen LogP contribution in [-0.2, 0) is 30.3 Å². The Morgan fingerprint density at radius 2 is 0.927 bits per heavy atom. The van der Waals surface area contributed by atoms with Crippen LogP contribution < -0.4 is 19.3 Å². The summed E-state index contributed by atoms with van der Waals surface area (Å²) in [6.45, 7) is 16.4. The molecule has 0 aliphatic carbocycles. The fourth-order valence-corrected chi connectivity index (χ4v) is 5.63. The Kier molecular flexibility index (Phi) is 6.97. The largest absolute Gasteiger partial charge is 0.473 e. The van der Waals surface area contributed by atoms with Crippen LogP contribution in [0.3, 0.4) is 0 Å². The van der Waals surface area contributed by atoms with Gasteiger partial charge in [-0.3, -0.25) is 0 Å². The van der Waals surface area contributed by atoms with Crippen LogP contribution >= 0.6 is 0 Å². The van der Waals surface area contributed by atoms with E-state index in [2.05, 4.69) is 136 Å². The average molecular weight is 547 g/mol. The van der Waals surface area contributed by atoms with E-state index < -0.39 is 0 Å². The van der Waals surface area contributed by atoms with Crippen LogP contribution in [0.4, 0.5) is 11.4 Å². The average Bonchev–Trinajstić information content (AvgIpc) is 2.96. The van der Waals surface area contributed by atoms with Crippen LogP contribution in [0.5, 0.6) is 11.5 Å². The summed E-state index contributed by atoms with van der Waals surface area (Å²) < 4.78 is 12.2. The van der Waals surface area contributed by atoms with E-state index in [4.69, 9.17) is 9.47 Å². The lowest BCUT2D eigenvalue weighted by Crippen LogP contribution is -2.32. The van der Waals surface area contributed by atoms with E-state index in [1.165, 1.54) is 44.8 Å². The van der Waals surface area contributed by atoms with Crippen molar-refractivity contribution in [3.8, 4) is 11.5 Å². The van der Waals surface area contributed by atoms with Crippen LogP contribution in [0.25, 0.3) is 0 Å². The first-order valence-electron chi connectivity index (χ1n) is 14.7. The van der Waals surface area contributed by atoms with Crippen molar-refractivity contribution in [3.63, 3.8) is 0 Å². The van der Waals surface area contributed by atoms with Crippen LogP contribution in [0.2, 0.25) is 0 Å².